The summed E-state index contributed by atoms with van der Waals surface area (Å²) in [6, 6.07) is 4.45. The molecule has 8 heteroatoms. The molecule has 1 aliphatic heterocycles. The fraction of sp³-hybridized carbons (Fsp3) is 0.429. The topological polar surface area (TPSA) is 66.4 Å². The van der Waals surface area contributed by atoms with Gasteiger partial charge in [0.2, 0.25) is 10.0 Å². The van der Waals surface area contributed by atoms with Crippen LogP contribution in [0.3, 0.4) is 0 Å². The Bertz CT molecular complexity index is 806. The van der Waals surface area contributed by atoms with E-state index in [-0.39, 0.29) is 11.7 Å². The summed E-state index contributed by atoms with van der Waals surface area (Å²) >= 11 is 0. The molecule has 22 heavy (non-hydrogen) atoms. The zero-order valence-electron chi connectivity index (χ0n) is 12.4. The van der Waals surface area contributed by atoms with E-state index in [1.165, 1.54) is 29.0 Å². The van der Waals surface area contributed by atoms with Crippen LogP contribution >= 0.6 is 0 Å². The van der Waals surface area contributed by atoms with E-state index in [4.69, 9.17) is 0 Å². The molecule has 0 bridgehead atoms. The first-order chi connectivity index (χ1) is 10.3. The molecule has 2 aromatic rings. The van der Waals surface area contributed by atoms with Gasteiger partial charge in [-0.2, -0.15) is 0 Å². The van der Waals surface area contributed by atoms with Crippen LogP contribution in [0.4, 0.5) is 10.2 Å². The molecule has 2 heterocycles. The van der Waals surface area contributed by atoms with E-state index in [0.29, 0.717) is 12.1 Å². The average molecular weight is 324 g/mol. The molecule has 0 amide bonds. The summed E-state index contributed by atoms with van der Waals surface area (Å²) in [6.07, 6.45) is 2.63. The molecular weight excluding hydrogens is 307 g/mol. The molecule has 1 aliphatic rings. The van der Waals surface area contributed by atoms with E-state index in [1.54, 1.807) is 13.1 Å². The van der Waals surface area contributed by atoms with Gasteiger partial charge in [-0.1, -0.05) is 0 Å². The number of anilines is 1. The van der Waals surface area contributed by atoms with Crippen LogP contribution in [0.25, 0.3) is 10.9 Å². The van der Waals surface area contributed by atoms with E-state index < -0.39 is 10.0 Å². The van der Waals surface area contributed by atoms with E-state index in [2.05, 4.69) is 14.9 Å². The van der Waals surface area contributed by atoms with Crippen LogP contribution in [-0.2, 0) is 10.0 Å². The largest absolute Gasteiger partial charge is 0.355 e. The first-order valence-corrected chi connectivity index (χ1v) is 8.76. The van der Waals surface area contributed by atoms with Crippen molar-refractivity contribution in [2.45, 2.75) is 0 Å². The van der Waals surface area contributed by atoms with E-state index >= 15 is 0 Å². The number of halogens is 1. The van der Waals surface area contributed by atoms with E-state index in [1.807, 2.05) is 0 Å². The molecule has 6 nitrogen and oxygen atoms in total. The van der Waals surface area contributed by atoms with Gasteiger partial charge in [0.05, 0.1) is 11.8 Å². The van der Waals surface area contributed by atoms with Crippen molar-refractivity contribution in [2.24, 2.45) is 5.92 Å². The van der Waals surface area contributed by atoms with Gasteiger partial charge in [-0.15, -0.1) is 0 Å². The molecule has 3 rings (SSSR count). The normalized spacial score (nSPS) is 16.3. The number of sulfonamides is 1. The van der Waals surface area contributed by atoms with Crippen LogP contribution in [0.15, 0.2) is 24.5 Å². The Labute approximate surface area is 128 Å². The molecule has 0 radical (unpaired) electrons. The highest BCUT2D eigenvalue weighted by atomic mass is 32.2. The van der Waals surface area contributed by atoms with Crippen molar-refractivity contribution < 1.29 is 12.8 Å². The first kappa shape index (κ1) is 15.1. The van der Waals surface area contributed by atoms with Gasteiger partial charge >= 0.3 is 0 Å². The predicted octanol–water partition coefficient (Wildman–Crippen LogP) is 1.10. The van der Waals surface area contributed by atoms with Crippen LogP contribution in [0.5, 0.6) is 0 Å². The Morgan fingerprint density at radius 2 is 2.09 bits per heavy atom. The van der Waals surface area contributed by atoms with Crippen molar-refractivity contribution >= 4 is 26.7 Å². The minimum atomic E-state index is -3.15. The molecule has 0 atom stereocenters. The second-order valence-corrected chi connectivity index (χ2v) is 7.76. The standard InChI is InChI=1S/C14H17FN4O2S/c1-18(22(2,20)21)6-10-7-19(8-10)14-12-4-3-11(15)5-13(12)16-9-17-14/h3-5,9-10H,6-8H2,1-2H3. The lowest BCUT2D eigenvalue weighted by atomic mass is 9.99. The van der Waals surface area contributed by atoms with Gasteiger partial charge in [0.25, 0.3) is 0 Å². The predicted molar refractivity (Wildman–Crippen MR) is 82.7 cm³/mol. The SMILES string of the molecule is CN(CC1CN(c2ncnc3cc(F)ccc23)C1)S(C)(=O)=O. The number of hydrogen-bond donors (Lipinski definition) is 0. The number of fused-ring (bicyclic) bond motifs is 1. The average Bonchev–Trinajstić information content (AvgIpc) is 2.40. The number of rotatable bonds is 4. The van der Waals surface area contributed by atoms with Gasteiger partial charge < -0.3 is 4.90 Å². The summed E-state index contributed by atoms with van der Waals surface area (Å²) in [5, 5.41) is 0.804. The van der Waals surface area contributed by atoms with Gasteiger partial charge in [-0.3, -0.25) is 0 Å². The Morgan fingerprint density at radius 3 is 2.77 bits per heavy atom. The van der Waals surface area contributed by atoms with Gasteiger partial charge in [0.15, 0.2) is 0 Å². The lowest BCUT2D eigenvalue weighted by Gasteiger charge is -2.41. The summed E-state index contributed by atoms with van der Waals surface area (Å²) in [4.78, 5) is 10.4. The molecule has 1 fully saturated rings. The molecule has 1 aromatic heterocycles. The summed E-state index contributed by atoms with van der Waals surface area (Å²) in [7, 11) is -1.56. The number of benzene rings is 1. The molecule has 1 saturated heterocycles. The smallest absolute Gasteiger partial charge is 0.210 e. The van der Waals surface area contributed by atoms with Crippen molar-refractivity contribution in [3.8, 4) is 0 Å². The van der Waals surface area contributed by atoms with E-state index in [0.717, 1.165) is 24.3 Å². The van der Waals surface area contributed by atoms with Crippen molar-refractivity contribution in [1.29, 1.82) is 0 Å². The Hall–Kier alpha value is -1.80. The fourth-order valence-electron chi connectivity index (χ4n) is 2.63. The van der Waals surface area contributed by atoms with Crippen LogP contribution < -0.4 is 4.90 Å². The molecule has 0 unspecified atom stereocenters. The molecule has 0 aliphatic carbocycles. The maximum absolute atomic E-state index is 13.2. The third-order valence-electron chi connectivity index (χ3n) is 3.92. The summed E-state index contributed by atoms with van der Waals surface area (Å²) in [5.41, 5.74) is 0.571. The van der Waals surface area contributed by atoms with Crippen LogP contribution in [0.1, 0.15) is 0 Å². The fourth-order valence-corrected chi connectivity index (χ4v) is 3.11. The van der Waals surface area contributed by atoms with Gasteiger partial charge in [-0.05, 0) is 12.1 Å². The number of aromatic nitrogens is 2. The first-order valence-electron chi connectivity index (χ1n) is 6.91. The number of hydrogen-bond acceptors (Lipinski definition) is 5. The lowest BCUT2D eigenvalue weighted by molar-refractivity contribution is 0.327. The van der Waals surface area contributed by atoms with Crippen molar-refractivity contribution in [1.82, 2.24) is 14.3 Å². The van der Waals surface area contributed by atoms with Crippen molar-refractivity contribution in [3.05, 3.63) is 30.3 Å². The highest BCUT2D eigenvalue weighted by Gasteiger charge is 2.31. The summed E-state index contributed by atoms with van der Waals surface area (Å²) in [6.45, 7) is 1.94. The summed E-state index contributed by atoms with van der Waals surface area (Å²) in [5.74, 6) is 0.710. The zero-order valence-corrected chi connectivity index (χ0v) is 13.2. The minimum Gasteiger partial charge on any atom is -0.355 e. The molecular formula is C14H17FN4O2S. The van der Waals surface area contributed by atoms with Crippen LogP contribution in [0.2, 0.25) is 0 Å². The van der Waals surface area contributed by atoms with Crippen molar-refractivity contribution in [3.63, 3.8) is 0 Å². The third-order valence-corrected chi connectivity index (χ3v) is 5.20. The highest BCUT2D eigenvalue weighted by Crippen LogP contribution is 2.29. The van der Waals surface area contributed by atoms with Crippen LogP contribution in [0, 0.1) is 11.7 Å². The summed E-state index contributed by atoms with van der Waals surface area (Å²) < 4.78 is 37.5. The maximum atomic E-state index is 13.2. The number of nitrogens with zero attached hydrogens (tertiary/aromatic N) is 4. The third kappa shape index (κ3) is 2.89. The highest BCUT2D eigenvalue weighted by molar-refractivity contribution is 7.88. The monoisotopic (exact) mass is 324 g/mol. The second-order valence-electron chi connectivity index (χ2n) is 5.67. The van der Waals surface area contributed by atoms with E-state index in [9.17, 15) is 12.8 Å². The molecule has 118 valence electrons. The molecule has 1 aromatic carbocycles. The van der Waals surface area contributed by atoms with Gasteiger partial charge in [0.1, 0.15) is 18.0 Å². The molecule has 0 spiro atoms. The Balaban J connectivity index is 1.73. The maximum Gasteiger partial charge on any atom is 0.210 e. The zero-order chi connectivity index (χ0) is 15.9. The lowest BCUT2D eigenvalue weighted by Crippen LogP contribution is -2.52. The van der Waals surface area contributed by atoms with Gasteiger partial charge in [0, 0.05) is 44.1 Å². The second kappa shape index (κ2) is 5.44. The molecule has 0 saturated carbocycles. The quantitative estimate of drug-likeness (QED) is 0.842. The minimum absolute atomic E-state index is 0.269. The van der Waals surface area contributed by atoms with Crippen molar-refractivity contribution in [2.75, 3.05) is 37.8 Å². The van der Waals surface area contributed by atoms with Crippen LogP contribution in [-0.4, -0.2) is 55.6 Å². The molecule has 0 N–H and O–H groups in total. The Morgan fingerprint density at radius 1 is 1.36 bits per heavy atom. The Kier molecular flexibility index (Phi) is 3.73. The van der Waals surface area contributed by atoms with Gasteiger partial charge in [-0.25, -0.2) is 27.1 Å².